The van der Waals surface area contributed by atoms with Gasteiger partial charge < -0.3 is 29.9 Å². The number of hydrogen-bond donors (Lipinski definition) is 4. The van der Waals surface area contributed by atoms with Gasteiger partial charge in [-0.2, -0.15) is 0 Å². The predicted octanol–water partition coefficient (Wildman–Crippen LogP) is -0.533. The van der Waals surface area contributed by atoms with Crippen LogP contribution in [-0.2, 0) is 9.53 Å². The third kappa shape index (κ3) is 4.29. The lowest BCUT2D eigenvalue weighted by Gasteiger charge is -2.37. The van der Waals surface area contributed by atoms with Gasteiger partial charge in [0.05, 0.1) is 13.2 Å². The number of benzene rings is 1. The highest BCUT2D eigenvalue weighted by molar-refractivity contribution is 5.87. The SMILES string of the molecule is COc1ccc(/C=C/C(=O)O[C@H]2C[C@@H](O)[C@H](O)[C@@H](O)[C@H]2O)cc1. The van der Waals surface area contributed by atoms with Crippen molar-refractivity contribution in [3.63, 3.8) is 0 Å². The molecule has 1 aliphatic rings. The molecule has 0 spiro atoms. The number of aliphatic hydroxyl groups is 4. The second kappa shape index (κ2) is 7.56. The van der Waals surface area contributed by atoms with Gasteiger partial charge in [0.2, 0.25) is 0 Å². The summed E-state index contributed by atoms with van der Waals surface area (Å²) in [7, 11) is 1.55. The molecule has 0 radical (unpaired) electrons. The van der Waals surface area contributed by atoms with Gasteiger partial charge in [-0.1, -0.05) is 12.1 Å². The molecule has 4 N–H and O–H groups in total. The van der Waals surface area contributed by atoms with Crippen LogP contribution in [0.4, 0.5) is 0 Å². The minimum Gasteiger partial charge on any atom is -0.497 e. The summed E-state index contributed by atoms with van der Waals surface area (Å²) in [4.78, 5) is 11.8. The highest BCUT2D eigenvalue weighted by Gasteiger charge is 2.43. The molecule has 1 aliphatic carbocycles. The van der Waals surface area contributed by atoms with Crippen LogP contribution in [0.1, 0.15) is 12.0 Å². The molecule has 1 fully saturated rings. The molecule has 2 rings (SSSR count). The summed E-state index contributed by atoms with van der Waals surface area (Å²) in [5.41, 5.74) is 0.752. The lowest BCUT2D eigenvalue weighted by molar-refractivity contribution is -0.193. The number of hydrogen-bond acceptors (Lipinski definition) is 7. The van der Waals surface area contributed by atoms with Crippen molar-refractivity contribution in [2.45, 2.75) is 36.9 Å². The molecule has 0 saturated heterocycles. The molecule has 23 heavy (non-hydrogen) atoms. The molecular weight excluding hydrogens is 304 g/mol. The zero-order valence-corrected chi connectivity index (χ0v) is 12.6. The Labute approximate surface area is 133 Å². The number of esters is 1. The van der Waals surface area contributed by atoms with E-state index in [1.54, 1.807) is 31.4 Å². The maximum atomic E-state index is 11.8. The van der Waals surface area contributed by atoms with Crippen molar-refractivity contribution >= 4 is 12.0 Å². The van der Waals surface area contributed by atoms with E-state index in [-0.39, 0.29) is 6.42 Å². The van der Waals surface area contributed by atoms with Crippen LogP contribution in [0, 0.1) is 0 Å². The molecule has 1 saturated carbocycles. The summed E-state index contributed by atoms with van der Waals surface area (Å²) in [6.07, 6.45) is -4.28. The fraction of sp³-hybridized carbons (Fsp3) is 0.438. The maximum absolute atomic E-state index is 11.8. The molecule has 7 heteroatoms. The molecule has 0 heterocycles. The third-order valence-corrected chi connectivity index (χ3v) is 3.74. The van der Waals surface area contributed by atoms with Crippen LogP contribution in [-0.4, -0.2) is 64.0 Å². The minimum absolute atomic E-state index is 0.151. The Kier molecular flexibility index (Phi) is 5.73. The standard InChI is InChI=1S/C16H20O7/c1-22-10-5-2-9(3-6-10)4-7-13(18)23-12-8-11(17)14(19)16(21)15(12)20/h2-7,11-12,14-17,19-21H,8H2,1H3/b7-4+/t11-,12+,14+,15+,16-/m1/s1. The van der Waals surface area contributed by atoms with E-state index < -0.39 is 36.5 Å². The van der Waals surface area contributed by atoms with E-state index >= 15 is 0 Å². The molecule has 0 unspecified atom stereocenters. The number of carbonyl (C=O) groups excluding carboxylic acids is 1. The quantitative estimate of drug-likeness (QED) is 0.434. The average Bonchev–Trinajstić information content (AvgIpc) is 2.56. The molecule has 0 aliphatic heterocycles. The molecule has 126 valence electrons. The molecule has 1 aromatic rings. The zero-order chi connectivity index (χ0) is 17.0. The van der Waals surface area contributed by atoms with E-state index in [0.717, 1.165) is 5.56 Å². The summed E-state index contributed by atoms with van der Waals surface area (Å²) in [5, 5.41) is 38.4. The number of rotatable bonds is 4. The van der Waals surface area contributed by atoms with E-state index in [2.05, 4.69) is 0 Å². The second-order valence-electron chi connectivity index (χ2n) is 5.36. The van der Waals surface area contributed by atoms with Gasteiger partial charge >= 0.3 is 5.97 Å². The van der Waals surface area contributed by atoms with Crippen molar-refractivity contribution in [3.8, 4) is 5.75 Å². The molecule has 0 amide bonds. The van der Waals surface area contributed by atoms with E-state index in [1.807, 2.05) is 0 Å². The van der Waals surface area contributed by atoms with E-state index in [4.69, 9.17) is 9.47 Å². The molecule has 5 atom stereocenters. The summed E-state index contributed by atoms with van der Waals surface area (Å²) in [6, 6.07) is 6.98. The third-order valence-electron chi connectivity index (χ3n) is 3.74. The van der Waals surface area contributed by atoms with Crippen LogP contribution in [0.2, 0.25) is 0 Å². The van der Waals surface area contributed by atoms with Crippen LogP contribution in [0.25, 0.3) is 6.08 Å². The van der Waals surface area contributed by atoms with Gasteiger partial charge in [0.15, 0.2) is 0 Å². The van der Waals surface area contributed by atoms with Crippen molar-refractivity contribution in [1.82, 2.24) is 0 Å². The van der Waals surface area contributed by atoms with Gasteiger partial charge in [-0.25, -0.2) is 4.79 Å². The first-order chi connectivity index (χ1) is 10.9. The summed E-state index contributed by atoms with van der Waals surface area (Å²) < 4.78 is 10.1. The number of methoxy groups -OCH3 is 1. The van der Waals surface area contributed by atoms with Crippen LogP contribution in [0.5, 0.6) is 5.75 Å². The largest absolute Gasteiger partial charge is 0.497 e. The van der Waals surface area contributed by atoms with Crippen molar-refractivity contribution in [2.75, 3.05) is 7.11 Å². The fourth-order valence-corrected chi connectivity index (χ4v) is 2.35. The number of aliphatic hydroxyl groups excluding tert-OH is 4. The molecule has 0 aromatic heterocycles. The van der Waals surface area contributed by atoms with Crippen molar-refractivity contribution in [1.29, 1.82) is 0 Å². The first-order valence-electron chi connectivity index (χ1n) is 7.17. The van der Waals surface area contributed by atoms with E-state index in [0.29, 0.717) is 5.75 Å². The van der Waals surface area contributed by atoms with Crippen LogP contribution < -0.4 is 4.74 Å². The van der Waals surface area contributed by atoms with Crippen molar-refractivity contribution < 1.29 is 34.7 Å². The Hall–Kier alpha value is -1.93. The average molecular weight is 324 g/mol. The molecule has 0 bridgehead atoms. The Morgan fingerprint density at radius 1 is 1.09 bits per heavy atom. The van der Waals surface area contributed by atoms with Gasteiger partial charge in [-0.15, -0.1) is 0 Å². The number of carbonyl (C=O) groups is 1. The van der Waals surface area contributed by atoms with E-state index in [1.165, 1.54) is 12.2 Å². The zero-order valence-electron chi connectivity index (χ0n) is 12.6. The van der Waals surface area contributed by atoms with Gasteiger partial charge in [-0.05, 0) is 23.8 Å². The molecular formula is C16H20O7. The van der Waals surface area contributed by atoms with E-state index in [9.17, 15) is 25.2 Å². The van der Waals surface area contributed by atoms with Crippen LogP contribution >= 0.6 is 0 Å². The Morgan fingerprint density at radius 3 is 2.35 bits per heavy atom. The summed E-state index contributed by atoms with van der Waals surface area (Å²) >= 11 is 0. The maximum Gasteiger partial charge on any atom is 0.331 e. The Balaban J connectivity index is 1.94. The number of ether oxygens (including phenoxy) is 2. The lowest BCUT2D eigenvalue weighted by atomic mass is 9.87. The van der Waals surface area contributed by atoms with Crippen molar-refractivity contribution in [3.05, 3.63) is 35.9 Å². The first-order valence-corrected chi connectivity index (χ1v) is 7.17. The smallest absolute Gasteiger partial charge is 0.331 e. The minimum atomic E-state index is -1.57. The van der Waals surface area contributed by atoms with Crippen molar-refractivity contribution in [2.24, 2.45) is 0 Å². The molecule has 1 aromatic carbocycles. The predicted molar refractivity (Wildman–Crippen MR) is 80.6 cm³/mol. The Bertz CT molecular complexity index is 554. The summed E-state index contributed by atoms with van der Waals surface area (Å²) in [5.74, 6) is -0.0303. The Morgan fingerprint density at radius 2 is 1.74 bits per heavy atom. The highest BCUT2D eigenvalue weighted by Crippen LogP contribution is 2.23. The van der Waals surface area contributed by atoms with Gasteiger partial charge in [0, 0.05) is 12.5 Å². The normalized spacial score (nSPS) is 31.1. The van der Waals surface area contributed by atoms with Gasteiger partial charge in [0.25, 0.3) is 0 Å². The first kappa shape index (κ1) is 17.4. The summed E-state index contributed by atoms with van der Waals surface area (Å²) in [6.45, 7) is 0. The fourth-order valence-electron chi connectivity index (χ4n) is 2.35. The lowest BCUT2D eigenvalue weighted by Crippen LogP contribution is -2.56. The second-order valence-corrected chi connectivity index (χ2v) is 5.36. The van der Waals surface area contributed by atoms with Gasteiger partial charge in [-0.3, -0.25) is 0 Å². The highest BCUT2D eigenvalue weighted by atomic mass is 16.6. The topological polar surface area (TPSA) is 116 Å². The van der Waals surface area contributed by atoms with Crippen LogP contribution in [0.3, 0.4) is 0 Å². The van der Waals surface area contributed by atoms with Gasteiger partial charge in [0.1, 0.15) is 30.2 Å². The van der Waals surface area contributed by atoms with Crippen LogP contribution in [0.15, 0.2) is 30.3 Å². The monoisotopic (exact) mass is 324 g/mol. The molecule has 7 nitrogen and oxygen atoms in total.